The van der Waals surface area contributed by atoms with Crippen molar-refractivity contribution in [3.63, 3.8) is 0 Å². The number of benzene rings is 3. The standard InChI is InChI=1S/C31H33F3N2O3/c1-5-30(26-12-8-11-24-23-10-7-6-9-21(23)19-25(24)26)27(20-13-15-22(16-14-20)38-31(32,33)34)35-17-18-36(30)28(37)39-29(2,3)4/h6-16,27,35H,5,17-19H2,1-4H3. The Hall–Kier alpha value is -3.52. The van der Waals surface area contributed by atoms with Gasteiger partial charge in [-0.2, -0.15) is 0 Å². The Morgan fingerprint density at radius 2 is 1.69 bits per heavy atom. The van der Waals surface area contributed by atoms with Crippen molar-refractivity contribution in [2.75, 3.05) is 13.1 Å². The molecule has 2 unspecified atom stereocenters. The first-order chi connectivity index (χ1) is 18.4. The summed E-state index contributed by atoms with van der Waals surface area (Å²) in [5.41, 5.74) is 4.91. The lowest BCUT2D eigenvalue weighted by Gasteiger charge is -2.53. The maximum Gasteiger partial charge on any atom is 0.573 e. The van der Waals surface area contributed by atoms with Crippen LogP contribution in [0.2, 0.25) is 0 Å². The lowest BCUT2D eigenvalue weighted by atomic mass is 9.72. The highest BCUT2D eigenvalue weighted by Crippen LogP contribution is 2.50. The topological polar surface area (TPSA) is 50.8 Å². The fourth-order valence-corrected chi connectivity index (χ4v) is 6.12. The number of hydrogen-bond acceptors (Lipinski definition) is 4. The van der Waals surface area contributed by atoms with Crippen molar-refractivity contribution in [2.45, 2.75) is 64.1 Å². The van der Waals surface area contributed by atoms with Crippen molar-refractivity contribution < 1.29 is 27.4 Å². The number of halogens is 3. The largest absolute Gasteiger partial charge is 0.573 e. The molecule has 1 fully saturated rings. The van der Waals surface area contributed by atoms with Gasteiger partial charge in [0.15, 0.2) is 0 Å². The zero-order valence-corrected chi connectivity index (χ0v) is 22.6. The predicted molar refractivity (Wildman–Crippen MR) is 143 cm³/mol. The highest BCUT2D eigenvalue weighted by atomic mass is 19.4. The van der Waals surface area contributed by atoms with E-state index in [-0.39, 0.29) is 5.75 Å². The summed E-state index contributed by atoms with van der Waals surface area (Å²) >= 11 is 0. The Morgan fingerprint density at radius 1 is 1.00 bits per heavy atom. The first kappa shape index (κ1) is 27.1. The quantitative estimate of drug-likeness (QED) is 0.295. The molecular weight excluding hydrogens is 505 g/mol. The Balaban J connectivity index is 1.66. The highest BCUT2D eigenvalue weighted by molar-refractivity contribution is 5.79. The van der Waals surface area contributed by atoms with Gasteiger partial charge >= 0.3 is 12.5 Å². The van der Waals surface area contributed by atoms with Crippen LogP contribution < -0.4 is 10.1 Å². The van der Waals surface area contributed by atoms with Gasteiger partial charge in [0.2, 0.25) is 0 Å². The maximum atomic E-state index is 13.8. The zero-order chi connectivity index (χ0) is 28.0. The molecule has 3 aromatic rings. The summed E-state index contributed by atoms with van der Waals surface area (Å²) in [6.45, 7) is 8.49. The molecule has 2 aliphatic rings. The molecule has 0 spiro atoms. The number of ether oxygens (including phenoxy) is 2. The highest BCUT2D eigenvalue weighted by Gasteiger charge is 2.52. The van der Waals surface area contributed by atoms with Crippen LogP contribution in [-0.4, -0.2) is 36.0 Å². The number of carbonyl (C=O) groups excluding carboxylic acids is 1. The number of piperazine rings is 1. The van der Waals surface area contributed by atoms with Gasteiger partial charge in [-0.15, -0.1) is 13.2 Å². The molecule has 1 amide bonds. The monoisotopic (exact) mass is 538 g/mol. The van der Waals surface area contributed by atoms with Crippen LogP contribution in [0.4, 0.5) is 18.0 Å². The minimum Gasteiger partial charge on any atom is -0.444 e. The van der Waals surface area contributed by atoms with E-state index in [1.165, 1.54) is 23.3 Å². The van der Waals surface area contributed by atoms with Gasteiger partial charge in [0.05, 0.1) is 11.6 Å². The number of rotatable bonds is 4. The lowest BCUT2D eigenvalue weighted by Crippen LogP contribution is -2.63. The molecule has 5 rings (SSSR count). The molecule has 1 aliphatic heterocycles. The van der Waals surface area contributed by atoms with Gasteiger partial charge in [-0.05, 0) is 79.1 Å². The molecule has 8 heteroatoms. The summed E-state index contributed by atoms with van der Waals surface area (Å²) in [7, 11) is 0. The van der Waals surface area contributed by atoms with Crippen LogP contribution in [-0.2, 0) is 16.7 Å². The minimum absolute atomic E-state index is 0.288. The second kappa shape index (κ2) is 9.90. The van der Waals surface area contributed by atoms with Crippen LogP contribution in [0.1, 0.15) is 62.4 Å². The number of fused-ring (bicyclic) bond motifs is 3. The van der Waals surface area contributed by atoms with Crippen LogP contribution in [0.3, 0.4) is 0 Å². The third-order valence-electron chi connectivity index (χ3n) is 7.56. The molecule has 1 saturated heterocycles. The van der Waals surface area contributed by atoms with E-state index >= 15 is 0 Å². The second-order valence-corrected chi connectivity index (χ2v) is 11.1. The zero-order valence-electron chi connectivity index (χ0n) is 22.6. The Labute approximate surface area is 226 Å². The van der Waals surface area contributed by atoms with E-state index in [1.54, 1.807) is 12.1 Å². The van der Waals surface area contributed by atoms with Crippen molar-refractivity contribution >= 4 is 6.09 Å². The maximum absolute atomic E-state index is 13.8. The predicted octanol–water partition coefficient (Wildman–Crippen LogP) is 7.34. The molecule has 206 valence electrons. The molecule has 2 atom stereocenters. The van der Waals surface area contributed by atoms with Gasteiger partial charge in [-0.25, -0.2) is 4.79 Å². The molecule has 0 radical (unpaired) electrons. The van der Waals surface area contributed by atoms with Crippen LogP contribution >= 0.6 is 0 Å². The van der Waals surface area contributed by atoms with Crippen LogP contribution in [0.15, 0.2) is 66.7 Å². The fraction of sp³-hybridized carbons (Fsp3) is 0.387. The van der Waals surface area contributed by atoms with Crippen molar-refractivity contribution in [2.24, 2.45) is 0 Å². The number of nitrogens with zero attached hydrogens (tertiary/aromatic N) is 1. The van der Waals surface area contributed by atoms with E-state index in [9.17, 15) is 18.0 Å². The molecule has 1 N–H and O–H groups in total. The smallest absolute Gasteiger partial charge is 0.444 e. The van der Waals surface area contributed by atoms with Gasteiger partial charge in [-0.1, -0.05) is 61.5 Å². The summed E-state index contributed by atoms with van der Waals surface area (Å²) < 4.78 is 48.5. The number of carbonyl (C=O) groups is 1. The molecular formula is C31H33F3N2O3. The van der Waals surface area contributed by atoms with Crippen LogP contribution in [0.25, 0.3) is 11.1 Å². The van der Waals surface area contributed by atoms with E-state index in [0.717, 1.165) is 28.7 Å². The molecule has 3 aromatic carbocycles. The number of hydrogen-bond donors (Lipinski definition) is 1. The third-order valence-corrected chi connectivity index (χ3v) is 7.56. The molecule has 5 nitrogen and oxygen atoms in total. The van der Waals surface area contributed by atoms with Crippen molar-refractivity contribution in [3.05, 3.63) is 89.0 Å². The summed E-state index contributed by atoms with van der Waals surface area (Å²) in [6.07, 6.45) is -3.90. The summed E-state index contributed by atoms with van der Waals surface area (Å²) in [5.74, 6) is -0.288. The lowest BCUT2D eigenvalue weighted by molar-refractivity contribution is -0.274. The number of amides is 1. The van der Waals surface area contributed by atoms with Crippen molar-refractivity contribution in [1.29, 1.82) is 0 Å². The van der Waals surface area contributed by atoms with Gasteiger partial charge in [0.1, 0.15) is 11.4 Å². The molecule has 1 heterocycles. The normalized spacial score (nSPS) is 20.8. The molecule has 1 aliphatic carbocycles. The van der Waals surface area contributed by atoms with Gasteiger partial charge in [-0.3, -0.25) is 4.90 Å². The van der Waals surface area contributed by atoms with E-state index in [2.05, 4.69) is 34.3 Å². The summed E-state index contributed by atoms with van der Waals surface area (Å²) in [4.78, 5) is 15.6. The Bertz CT molecular complexity index is 1360. The van der Waals surface area contributed by atoms with Crippen LogP contribution in [0.5, 0.6) is 5.75 Å². The fourth-order valence-electron chi connectivity index (χ4n) is 6.12. The van der Waals surface area contributed by atoms with E-state index < -0.39 is 29.6 Å². The van der Waals surface area contributed by atoms with Gasteiger partial charge in [0.25, 0.3) is 0 Å². The number of nitrogens with one attached hydrogen (secondary N) is 1. The Kier molecular flexibility index (Phi) is 6.87. The molecule has 39 heavy (non-hydrogen) atoms. The first-order valence-corrected chi connectivity index (χ1v) is 13.2. The Morgan fingerprint density at radius 3 is 2.36 bits per heavy atom. The summed E-state index contributed by atoms with van der Waals surface area (Å²) in [5, 5.41) is 3.59. The second-order valence-electron chi connectivity index (χ2n) is 11.1. The van der Waals surface area contributed by atoms with Crippen molar-refractivity contribution in [1.82, 2.24) is 10.2 Å². The van der Waals surface area contributed by atoms with E-state index in [4.69, 9.17) is 4.74 Å². The molecule has 0 saturated carbocycles. The molecule has 0 bridgehead atoms. The van der Waals surface area contributed by atoms with E-state index in [0.29, 0.717) is 19.5 Å². The SMILES string of the molecule is CCC1(c2cccc3c2Cc2ccccc2-3)C(c2ccc(OC(F)(F)F)cc2)NCCN1C(=O)OC(C)(C)C. The number of alkyl halides is 3. The van der Waals surface area contributed by atoms with Gasteiger partial charge < -0.3 is 14.8 Å². The third kappa shape index (κ3) is 5.10. The molecule has 0 aromatic heterocycles. The average Bonchev–Trinajstić information content (AvgIpc) is 3.25. The first-order valence-electron chi connectivity index (χ1n) is 13.2. The minimum atomic E-state index is -4.77. The van der Waals surface area contributed by atoms with Gasteiger partial charge in [0, 0.05) is 13.1 Å². The van der Waals surface area contributed by atoms with E-state index in [1.807, 2.05) is 50.8 Å². The average molecular weight is 539 g/mol. The van der Waals surface area contributed by atoms with Crippen LogP contribution in [0, 0.1) is 0 Å². The van der Waals surface area contributed by atoms with Crippen molar-refractivity contribution in [3.8, 4) is 16.9 Å². The summed E-state index contributed by atoms with van der Waals surface area (Å²) in [6, 6.07) is 20.0.